The smallest absolute Gasteiger partial charge is 0.416 e. The Morgan fingerprint density at radius 2 is 1.96 bits per heavy atom. The van der Waals surface area contributed by atoms with Gasteiger partial charge in [0.1, 0.15) is 5.58 Å². The second-order valence-corrected chi connectivity index (χ2v) is 6.44. The third-order valence-electron chi connectivity index (χ3n) is 4.41. The number of rotatable bonds is 4. The van der Waals surface area contributed by atoms with Gasteiger partial charge < -0.3 is 14.8 Å². The van der Waals surface area contributed by atoms with E-state index in [0.717, 1.165) is 23.4 Å². The summed E-state index contributed by atoms with van der Waals surface area (Å²) in [5, 5.41) is 13.0. The largest absolute Gasteiger partial charge is 0.504 e. The molecule has 3 aromatic heterocycles. The zero-order valence-electron chi connectivity index (χ0n) is 14.8. The van der Waals surface area contributed by atoms with Crippen molar-refractivity contribution in [3.63, 3.8) is 0 Å². The van der Waals surface area contributed by atoms with E-state index in [0.29, 0.717) is 22.4 Å². The molecule has 2 N–H and O–H groups in total. The third-order valence-corrected chi connectivity index (χ3v) is 4.41. The highest BCUT2D eigenvalue weighted by atomic mass is 19.4. The van der Waals surface area contributed by atoms with Crippen molar-refractivity contribution >= 4 is 22.6 Å². The van der Waals surface area contributed by atoms with Crippen LogP contribution in [0.4, 0.5) is 18.9 Å². The molecule has 1 aromatic carbocycles. The van der Waals surface area contributed by atoms with Crippen LogP contribution in [0.1, 0.15) is 16.8 Å². The molecule has 0 spiro atoms. The first-order valence-corrected chi connectivity index (χ1v) is 8.38. The summed E-state index contributed by atoms with van der Waals surface area (Å²) in [6.07, 6.45) is -2.79. The predicted octanol–water partition coefficient (Wildman–Crippen LogP) is 6.05. The molecule has 4 rings (SSSR count). The molecule has 0 aliphatic carbocycles. The molecule has 7 heteroatoms. The fourth-order valence-electron chi connectivity index (χ4n) is 3.21. The molecule has 3 heterocycles. The normalized spacial score (nSPS) is 11.9. The minimum absolute atomic E-state index is 0.0495. The van der Waals surface area contributed by atoms with Crippen LogP contribution in [0.2, 0.25) is 0 Å². The van der Waals surface area contributed by atoms with E-state index in [-0.39, 0.29) is 17.0 Å². The average molecular weight is 384 g/mol. The summed E-state index contributed by atoms with van der Waals surface area (Å²) in [5.41, 5.74) is 3.26. The standard InChI is InChI=1S/C21H15F3N2O2/c1-11-8-13(6-7-25-11)19-17-10-16(27)20(28-17)18(19)12(2)26-15-5-3-4-14(9-15)21(22,23)24/h3-10,26-27H,2H2,1H3. The second-order valence-electron chi connectivity index (χ2n) is 6.44. The van der Waals surface area contributed by atoms with Gasteiger partial charge in [0.2, 0.25) is 0 Å². The van der Waals surface area contributed by atoms with Crippen LogP contribution in [0.15, 0.2) is 59.7 Å². The zero-order chi connectivity index (χ0) is 20.1. The van der Waals surface area contributed by atoms with Crippen LogP contribution in [0, 0.1) is 6.92 Å². The summed E-state index contributed by atoms with van der Waals surface area (Å²) in [7, 11) is 0. The Balaban J connectivity index is 1.76. The van der Waals surface area contributed by atoms with Gasteiger partial charge in [0.25, 0.3) is 0 Å². The number of aryl methyl sites for hydroxylation is 1. The molecule has 0 atom stereocenters. The molecule has 0 aliphatic rings. The van der Waals surface area contributed by atoms with Crippen molar-refractivity contribution in [1.82, 2.24) is 4.98 Å². The summed E-state index contributed by atoms with van der Waals surface area (Å²) in [6, 6.07) is 9.98. The molecular weight excluding hydrogens is 369 g/mol. The van der Waals surface area contributed by atoms with Crippen LogP contribution in [0.3, 0.4) is 0 Å². The lowest BCUT2D eigenvalue weighted by Gasteiger charge is -2.14. The van der Waals surface area contributed by atoms with Crippen LogP contribution >= 0.6 is 0 Å². The number of nitrogens with zero attached hydrogens (tertiary/aromatic N) is 1. The summed E-state index contributed by atoms with van der Waals surface area (Å²) < 4.78 is 44.6. The molecular formula is C21H15F3N2O2. The Hall–Kier alpha value is -3.48. The van der Waals surface area contributed by atoms with Crippen LogP contribution in [0.5, 0.6) is 5.75 Å². The van der Waals surface area contributed by atoms with Gasteiger partial charge in [0.05, 0.1) is 11.1 Å². The number of halogens is 3. The van der Waals surface area contributed by atoms with E-state index in [1.165, 1.54) is 18.2 Å². The number of furan rings is 2. The topological polar surface area (TPSA) is 58.3 Å². The third kappa shape index (κ3) is 3.05. The van der Waals surface area contributed by atoms with E-state index in [9.17, 15) is 18.3 Å². The van der Waals surface area contributed by atoms with Gasteiger partial charge in [-0.2, -0.15) is 13.2 Å². The first-order chi connectivity index (χ1) is 13.2. The second kappa shape index (κ2) is 6.30. The Bertz CT molecular complexity index is 1180. The van der Waals surface area contributed by atoms with Crippen molar-refractivity contribution in [2.75, 3.05) is 5.32 Å². The van der Waals surface area contributed by atoms with E-state index in [1.54, 1.807) is 12.3 Å². The van der Waals surface area contributed by atoms with Gasteiger partial charge >= 0.3 is 6.18 Å². The van der Waals surface area contributed by atoms with Crippen LogP contribution in [-0.4, -0.2) is 10.1 Å². The SMILES string of the molecule is C=C(Nc1cccc(C(F)(F)F)c1)c1c(-c2ccnc(C)c2)c2cc(O)c1o2. The van der Waals surface area contributed by atoms with Crippen LogP contribution in [0.25, 0.3) is 28.0 Å². The summed E-state index contributed by atoms with van der Waals surface area (Å²) >= 11 is 0. The first kappa shape index (κ1) is 17.9. The minimum atomic E-state index is -4.45. The molecule has 0 unspecified atom stereocenters. The van der Waals surface area contributed by atoms with Crippen molar-refractivity contribution in [3.05, 3.63) is 72.1 Å². The van der Waals surface area contributed by atoms with Crippen molar-refractivity contribution in [2.45, 2.75) is 13.1 Å². The number of alkyl halides is 3. The van der Waals surface area contributed by atoms with Gasteiger partial charge in [-0.1, -0.05) is 12.6 Å². The maximum absolute atomic E-state index is 13.0. The van der Waals surface area contributed by atoms with E-state index in [2.05, 4.69) is 16.9 Å². The van der Waals surface area contributed by atoms with Crippen molar-refractivity contribution in [2.24, 2.45) is 0 Å². The van der Waals surface area contributed by atoms with Gasteiger partial charge in [0, 0.05) is 34.9 Å². The Morgan fingerprint density at radius 3 is 2.68 bits per heavy atom. The van der Waals surface area contributed by atoms with Crippen LogP contribution in [-0.2, 0) is 6.18 Å². The van der Waals surface area contributed by atoms with Crippen molar-refractivity contribution in [3.8, 4) is 16.9 Å². The van der Waals surface area contributed by atoms with E-state index >= 15 is 0 Å². The quantitative estimate of drug-likeness (QED) is 0.450. The molecule has 142 valence electrons. The van der Waals surface area contributed by atoms with E-state index in [4.69, 9.17) is 4.42 Å². The Morgan fingerprint density at radius 1 is 1.18 bits per heavy atom. The number of phenols is 1. The van der Waals surface area contributed by atoms with E-state index < -0.39 is 11.7 Å². The zero-order valence-corrected chi connectivity index (χ0v) is 14.8. The molecule has 4 aromatic rings. The number of nitrogens with one attached hydrogen (secondary N) is 1. The molecule has 2 bridgehead atoms. The fraction of sp³-hybridized carbons (Fsp3) is 0.0952. The van der Waals surface area contributed by atoms with Gasteiger partial charge in [-0.25, -0.2) is 0 Å². The number of hydrogen-bond donors (Lipinski definition) is 2. The van der Waals surface area contributed by atoms with Crippen molar-refractivity contribution < 1.29 is 22.7 Å². The lowest BCUT2D eigenvalue weighted by molar-refractivity contribution is -0.137. The van der Waals surface area contributed by atoms with Gasteiger partial charge in [-0.05, 0) is 42.8 Å². The predicted molar refractivity (Wildman–Crippen MR) is 101 cm³/mol. The van der Waals surface area contributed by atoms with Gasteiger partial charge in [0.15, 0.2) is 11.3 Å². The monoisotopic (exact) mass is 384 g/mol. The van der Waals surface area contributed by atoms with E-state index in [1.807, 2.05) is 13.0 Å². The number of hydrogen-bond acceptors (Lipinski definition) is 4. The number of pyridine rings is 1. The number of aromatic hydroxyl groups is 1. The highest BCUT2D eigenvalue weighted by molar-refractivity contribution is 6.03. The molecule has 0 saturated carbocycles. The molecule has 28 heavy (non-hydrogen) atoms. The molecule has 4 nitrogen and oxygen atoms in total. The first-order valence-electron chi connectivity index (χ1n) is 8.38. The maximum Gasteiger partial charge on any atom is 0.416 e. The molecule has 0 saturated heterocycles. The number of benzene rings is 2. The summed E-state index contributed by atoms with van der Waals surface area (Å²) in [6.45, 7) is 5.80. The maximum atomic E-state index is 13.0. The number of anilines is 1. The van der Waals surface area contributed by atoms with Crippen LogP contribution < -0.4 is 5.32 Å². The summed E-state index contributed by atoms with van der Waals surface area (Å²) in [5.74, 6) is -0.0495. The van der Waals surface area contributed by atoms with Crippen molar-refractivity contribution in [1.29, 1.82) is 0 Å². The lowest BCUT2D eigenvalue weighted by atomic mass is 9.97. The number of phenolic OH excluding ortho intramolecular Hbond substituents is 1. The molecule has 0 fully saturated rings. The molecule has 0 radical (unpaired) electrons. The summed E-state index contributed by atoms with van der Waals surface area (Å²) in [4.78, 5) is 4.17. The minimum Gasteiger partial charge on any atom is -0.504 e. The number of fused-ring (bicyclic) bond motifs is 2. The van der Waals surface area contributed by atoms with Gasteiger partial charge in [-0.15, -0.1) is 0 Å². The van der Waals surface area contributed by atoms with Gasteiger partial charge in [-0.3, -0.25) is 4.98 Å². The highest BCUT2D eigenvalue weighted by Gasteiger charge is 2.30. The highest BCUT2D eigenvalue weighted by Crippen LogP contribution is 2.45. The average Bonchev–Trinajstić information content (AvgIpc) is 3.18. The fourth-order valence-corrected chi connectivity index (χ4v) is 3.21. The molecule has 0 aliphatic heterocycles. The lowest BCUT2D eigenvalue weighted by Crippen LogP contribution is -2.06. The Labute approximate surface area is 158 Å². The Kier molecular flexibility index (Phi) is 4.03. The molecule has 0 amide bonds. The number of aromatic nitrogens is 1.